The summed E-state index contributed by atoms with van der Waals surface area (Å²) in [5.41, 5.74) is 0. The summed E-state index contributed by atoms with van der Waals surface area (Å²) in [7, 11) is 0. The van der Waals surface area contributed by atoms with Crippen LogP contribution in [-0.2, 0) is 9.47 Å². The first kappa shape index (κ1) is 15.6. The standard InChI is InChI=1S/C11H24O2S2/c1-10(14)8-12-6-4-3-5-7-13-9-11(2)15/h10-11,14-15H,3-9H2,1-2H3. The summed E-state index contributed by atoms with van der Waals surface area (Å²) in [5, 5.41) is 0.676. The van der Waals surface area contributed by atoms with E-state index in [0.29, 0.717) is 10.5 Å². The van der Waals surface area contributed by atoms with Crippen molar-refractivity contribution in [2.75, 3.05) is 26.4 Å². The molecule has 0 saturated heterocycles. The largest absolute Gasteiger partial charge is 0.380 e. The Labute approximate surface area is 105 Å². The monoisotopic (exact) mass is 252 g/mol. The van der Waals surface area contributed by atoms with Gasteiger partial charge in [-0.05, 0) is 19.3 Å². The van der Waals surface area contributed by atoms with Gasteiger partial charge in [-0.2, -0.15) is 25.3 Å². The second-order valence-electron chi connectivity index (χ2n) is 3.91. The van der Waals surface area contributed by atoms with Crippen LogP contribution in [0.1, 0.15) is 33.1 Å². The number of unbranched alkanes of at least 4 members (excludes halogenated alkanes) is 2. The second-order valence-corrected chi connectivity index (χ2v) is 5.67. The minimum Gasteiger partial charge on any atom is -0.380 e. The maximum Gasteiger partial charge on any atom is 0.0579 e. The summed E-state index contributed by atoms with van der Waals surface area (Å²) >= 11 is 8.47. The molecule has 0 aromatic carbocycles. The topological polar surface area (TPSA) is 18.5 Å². The molecule has 0 spiro atoms. The number of ether oxygens (including phenoxy) is 2. The first-order valence-electron chi connectivity index (χ1n) is 5.64. The van der Waals surface area contributed by atoms with Crippen LogP contribution < -0.4 is 0 Å². The van der Waals surface area contributed by atoms with E-state index >= 15 is 0 Å². The Kier molecular flexibility index (Phi) is 11.6. The van der Waals surface area contributed by atoms with Gasteiger partial charge in [-0.25, -0.2) is 0 Å². The van der Waals surface area contributed by atoms with Gasteiger partial charge in [-0.15, -0.1) is 0 Å². The van der Waals surface area contributed by atoms with Crippen LogP contribution in [0.25, 0.3) is 0 Å². The summed E-state index contributed by atoms with van der Waals surface area (Å²) in [5.74, 6) is 0. The molecule has 2 unspecified atom stereocenters. The van der Waals surface area contributed by atoms with Crippen molar-refractivity contribution in [3.8, 4) is 0 Å². The van der Waals surface area contributed by atoms with Crippen LogP contribution >= 0.6 is 25.3 Å². The number of hydrogen-bond donors (Lipinski definition) is 2. The lowest BCUT2D eigenvalue weighted by Crippen LogP contribution is -2.07. The minimum absolute atomic E-state index is 0.338. The van der Waals surface area contributed by atoms with Gasteiger partial charge in [0.15, 0.2) is 0 Å². The third kappa shape index (κ3) is 14.6. The Balaban J connectivity index is 2.93. The Morgan fingerprint density at radius 1 is 0.800 bits per heavy atom. The fourth-order valence-electron chi connectivity index (χ4n) is 1.09. The lowest BCUT2D eigenvalue weighted by atomic mass is 10.2. The molecular formula is C11H24O2S2. The molecule has 0 aromatic heterocycles. The molecule has 92 valence electrons. The maximum atomic E-state index is 5.41. The normalized spacial score (nSPS) is 15.2. The van der Waals surface area contributed by atoms with Crippen LogP contribution in [0.4, 0.5) is 0 Å². The maximum absolute atomic E-state index is 5.41. The molecule has 4 heteroatoms. The van der Waals surface area contributed by atoms with Crippen LogP contribution in [-0.4, -0.2) is 36.9 Å². The fraction of sp³-hybridized carbons (Fsp3) is 1.00. The van der Waals surface area contributed by atoms with E-state index < -0.39 is 0 Å². The Hall–Kier alpha value is 0.620. The molecule has 0 fully saturated rings. The molecule has 0 heterocycles. The van der Waals surface area contributed by atoms with Gasteiger partial charge in [-0.3, -0.25) is 0 Å². The first-order valence-corrected chi connectivity index (χ1v) is 6.68. The average Bonchev–Trinajstić information content (AvgIpc) is 2.14. The molecule has 0 aliphatic carbocycles. The fourth-order valence-corrected chi connectivity index (χ4v) is 1.30. The van der Waals surface area contributed by atoms with Gasteiger partial charge in [0, 0.05) is 23.7 Å². The van der Waals surface area contributed by atoms with E-state index in [4.69, 9.17) is 9.47 Å². The third-order valence-electron chi connectivity index (χ3n) is 1.80. The van der Waals surface area contributed by atoms with Crippen molar-refractivity contribution in [3.05, 3.63) is 0 Å². The van der Waals surface area contributed by atoms with Crippen LogP contribution in [0.5, 0.6) is 0 Å². The van der Waals surface area contributed by atoms with Crippen molar-refractivity contribution in [2.24, 2.45) is 0 Å². The summed E-state index contributed by atoms with van der Waals surface area (Å²) in [6.45, 7) is 7.25. The van der Waals surface area contributed by atoms with Crippen molar-refractivity contribution in [1.82, 2.24) is 0 Å². The predicted molar refractivity (Wildman–Crippen MR) is 72.4 cm³/mol. The average molecular weight is 252 g/mol. The van der Waals surface area contributed by atoms with E-state index in [-0.39, 0.29) is 0 Å². The van der Waals surface area contributed by atoms with E-state index in [1.165, 1.54) is 6.42 Å². The van der Waals surface area contributed by atoms with E-state index in [1.807, 2.05) is 13.8 Å². The Morgan fingerprint density at radius 3 is 1.53 bits per heavy atom. The molecule has 15 heavy (non-hydrogen) atoms. The zero-order valence-corrected chi connectivity index (χ0v) is 11.6. The van der Waals surface area contributed by atoms with Gasteiger partial charge in [-0.1, -0.05) is 13.8 Å². The van der Waals surface area contributed by atoms with Crippen molar-refractivity contribution in [1.29, 1.82) is 0 Å². The Bertz CT molecular complexity index is 116. The molecular weight excluding hydrogens is 228 g/mol. The lowest BCUT2D eigenvalue weighted by Gasteiger charge is -2.07. The number of hydrogen-bond acceptors (Lipinski definition) is 4. The summed E-state index contributed by atoms with van der Waals surface area (Å²) in [4.78, 5) is 0. The zero-order valence-electron chi connectivity index (χ0n) is 9.82. The summed E-state index contributed by atoms with van der Waals surface area (Å²) in [6, 6.07) is 0. The third-order valence-corrected chi connectivity index (χ3v) is 2.09. The molecule has 0 rings (SSSR count). The minimum atomic E-state index is 0.338. The summed E-state index contributed by atoms with van der Waals surface area (Å²) < 4.78 is 10.8. The first-order chi connectivity index (χ1) is 7.13. The van der Waals surface area contributed by atoms with Gasteiger partial charge < -0.3 is 9.47 Å². The van der Waals surface area contributed by atoms with Crippen molar-refractivity contribution in [3.63, 3.8) is 0 Å². The van der Waals surface area contributed by atoms with Gasteiger partial charge in [0.1, 0.15) is 0 Å². The van der Waals surface area contributed by atoms with Crippen LogP contribution in [0.2, 0.25) is 0 Å². The summed E-state index contributed by atoms with van der Waals surface area (Å²) in [6.07, 6.45) is 3.39. The SMILES string of the molecule is CC(S)COCCCCCOCC(C)S. The molecule has 0 amide bonds. The van der Waals surface area contributed by atoms with Gasteiger partial charge in [0.25, 0.3) is 0 Å². The number of thiol groups is 2. The highest BCUT2D eigenvalue weighted by atomic mass is 32.1. The van der Waals surface area contributed by atoms with Gasteiger partial charge >= 0.3 is 0 Å². The highest BCUT2D eigenvalue weighted by Gasteiger charge is 1.96. The molecule has 2 atom stereocenters. The van der Waals surface area contributed by atoms with E-state index in [0.717, 1.165) is 39.3 Å². The molecule has 0 aliphatic heterocycles. The van der Waals surface area contributed by atoms with Crippen molar-refractivity contribution < 1.29 is 9.47 Å². The van der Waals surface area contributed by atoms with Crippen LogP contribution in [0, 0.1) is 0 Å². The predicted octanol–water partition coefficient (Wildman–Crippen LogP) is 2.83. The molecule has 0 bridgehead atoms. The van der Waals surface area contributed by atoms with E-state index in [9.17, 15) is 0 Å². The molecule has 0 radical (unpaired) electrons. The quantitative estimate of drug-likeness (QED) is 0.460. The molecule has 0 aromatic rings. The Morgan fingerprint density at radius 2 is 1.20 bits per heavy atom. The van der Waals surface area contributed by atoms with E-state index in [1.54, 1.807) is 0 Å². The number of rotatable bonds is 10. The van der Waals surface area contributed by atoms with Crippen LogP contribution in [0.15, 0.2) is 0 Å². The van der Waals surface area contributed by atoms with Gasteiger partial charge in [0.05, 0.1) is 13.2 Å². The lowest BCUT2D eigenvalue weighted by molar-refractivity contribution is 0.118. The molecule has 0 saturated carbocycles. The zero-order chi connectivity index (χ0) is 11.5. The molecule has 0 aliphatic rings. The highest BCUT2D eigenvalue weighted by molar-refractivity contribution is 7.81. The highest BCUT2D eigenvalue weighted by Crippen LogP contribution is 2.00. The van der Waals surface area contributed by atoms with Crippen molar-refractivity contribution >= 4 is 25.3 Å². The second kappa shape index (κ2) is 11.1. The van der Waals surface area contributed by atoms with E-state index in [2.05, 4.69) is 25.3 Å². The molecule has 2 nitrogen and oxygen atoms in total. The van der Waals surface area contributed by atoms with Gasteiger partial charge in [0.2, 0.25) is 0 Å². The molecule has 0 N–H and O–H groups in total. The van der Waals surface area contributed by atoms with Crippen molar-refractivity contribution in [2.45, 2.75) is 43.6 Å². The smallest absolute Gasteiger partial charge is 0.0579 e. The van der Waals surface area contributed by atoms with Crippen LogP contribution in [0.3, 0.4) is 0 Å².